The predicted molar refractivity (Wildman–Crippen MR) is 102 cm³/mol. The molecular formula is C21H27N3O. The van der Waals surface area contributed by atoms with Gasteiger partial charge in [-0.25, -0.2) is 4.98 Å². The first-order valence-electron chi connectivity index (χ1n) is 9.47. The zero-order valence-corrected chi connectivity index (χ0v) is 15.2. The topological polar surface area (TPSA) is 36.4 Å². The van der Waals surface area contributed by atoms with Crippen molar-refractivity contribution in [2.24, 2.45) is 5.41 Å². The molecule has 3 heterocycles. The van der Waals surface area contributed by atoms with E-state index in [-0.39, 0.29) is 5.41 Å². The minimum atomic E-state index is 0.226. The number of benzene rings is 1. The van der Waals surface area contributed by atoms with Crippen LogP contribution in [0, 0.1) is 5.41 Å². The Balaban J connectivity index is 1.58. The molecule has 4 rings (SSSR count). The summed E-state index contributed by atoms with van der Waals surface area (Å²) < 4.78 is 0. The molecule has 4 heteroatoms. The van der Waals surface area contributed by atoms with Crippen LogP contribution in [0.2, 0.25) is 0 Å². The minimum absolute atomic E-state index is 0.226. The largest absolute Gasteiger partial charge is 0.356 e. The molecule has 0 unspecified atom stereocenters. The number of anilines is 1. The van der Waals surface area contributed by atoms with Gasteiger partial charge in [0, 0.05) is 42.9 Å². The van der Waals surface area contributed by atoms with Crippen LogP contribution in [0.25, 0.3) is 10.9 Å². The molecule has 1 amide bonds. The maximum atomic E-state index is 12.3. The Morgan fingerprint density at radius 2 is 1.92 bits per heavy atom. The smallest absolute Gasteiger partial charge is 0.222 e. The van der Waals surface area contributed by atoms with Gasteiger partial charge >= 0.3 is 0 Å². The summed E-state index contributed by atoms with van der Waals surface area (Å²) in [6.07, 6.45) is 4.10. The van der Waals surface area contributed by atoms with Crippen molar-refractivity contribution in [3.63, 3.8) is 0 Å². The second kappa shape index (κ2) is 6.32. The molecule has 2 saturated heterocycles. The highest BCUT2D eigenvalue weighted by molar-refractivity contribution is 5.80. The Labute approximate surface area is 149 Å². The monoisotopic (exact) mass is 337 g/mol. The highest BCUT2D eigenvalue weighted by Crippen LogP contribution is 2.40. The fraction of sp³-hybridized carbons (Fsp3) is 0.524. The average molecular weight is 337 g/mol. The molecule has 0 bridgehead atoms. The van der Waals surface area contributed by atoms with E-state index in [9.17, 15) is 4.79 Å². The number of hydrogen-bond acceptors (Lipinski definition) is 3. The maximum absolute atomic E-state index is 12.3. The van der Waals surface area contributed by atoms with Crippen molar-refractivity contribution in [1.82, 2.24) is 9.88 Å². The van der Waals surface area contributed by atoms with Crippen LogP contribution in [0.15, 0.2) is 36.4 Å². The Bertz CT molecular complexity index is 788. The van der Waals surface area contributed by atoms with Crippen molar-refractivity contribution < 1.29 is 4.79 Å². The molecule has 132 valence electrons. The summed E-state index contributed by atoms with van der Waals surface area (Å²) >= 11 is 0. The van der Waals surface area contributed by atoms with Crippen molar-refractivity contribution >= 4 is 22.6 Å². The van der Waals surface area contributed by atoms with Crippen molar-refractivity contribution in [2.45, 2.75) is 45.6 Å². The minimum Gasteiger partial charge on any atom is -0.356 e. The van der Waals surface area contributed by atoms with E-state index in [1.807, 2.05) is 6.07 Å². The van der Waals surface area contributed by atoms with Crippen molar-refractivity contribution in [1.29, 1.82) is 0 Å². The van der Waals surface area contributed by atoms with E-state index in [1.54, 1.807) is 0 Å². The summed E-state index contributed by atoms with van der Waals surface area (Å²) in [7, 11) is 0. The zero-order valence-electron chi connectivity index (χ0n) is 15.2. The van der Waals surface area contributed by atoms with Gasteiger partial charge in [0.2, 0.25) is 5.91 Å². The molecule has 2 fully saturated rings. The summed E-state index contributed by atoms with van der Waals surface area (Å²) in [5.41, 5.74) is 1.28. The molecule has 1 spiro atoms. The molecule has 1 aromatic heterocycles. The highest BCUT2D eigenvalue weighted by atomic mass is 16.2. The van der Waals surface area contributed by atoms with Gasteiger partial charge < -0.3 is 9.80 Å². The van der Waals surface area contributed by atoms with Crippen LogP contribution in [-0.2, 0) is 4.79 Å². The van der Waals surface area contributed by atoms with E-state index in [0.717, 1.165) is 37.4 Å². The maximum Gasteiger partial charge on any atom is 0.222 e. The summed E-state index contributed by atoms with van der Waals surface area (Å²) in [5, 5.41) is 1.19. The summed E-state index contributed by atoms with van der Waals surface area (Å²) in [5.74, 6) is 1.40. The van der Waals surface area contributed by atoms with Crippen LogP contribution in [0.3, 0.4) is 0 Å². The summed E-state index contributed by atoms with van der Waals surface area (Å²) in [6.45, 7) is 7.22. The second-order valence-corrected chi connectivity index (χ2v) is 8.00. The first-order chi connectivity index (χ1) is 12.1. The third-order valence-corrected chi connectivity index (χ3v) is 5.89. The highest BCUT2D eigenvalue weighted by Gasteiger charge is 2.42. The van der Waals surface area contributed by atoms with Gasteiger partial charge in [-0.05, 0) is 51.3 Å². The molecule has 0 aliphatic carbocycles. The summed E-state index contributed by atoms with van der Waals surface area (Å²) in [6, 6.07) is 12.9. The number of amides is 1. The lowest BCUT2D eigenvalue weighted by Crippen LogP contribution is -2.55. The quantitative estimate of drug-likeness (QED) is 0.835. The number of carbonyl (C=O) groups is 1. The second-order valence-electron chi connectivity index (χ2n) is 8.00. The summed E-state index contributed by atoms with van der Waals surface area (Å²) in [4.78, 5) is 21.7. The molecule has 2 aliphatic heterocycles. The van der Waals surface area contributed by atoms with Crippen molar-refractivity contribution in [3.8, 4) is 0 Å². The van der Waals surface area contributed by atoms with Crippen LogP contribution in [0.5, 0.6) is 0 Å². The van der Waals surface area contributed by atoms with Crippen LogP contribution in [0.1, 0.15) is 39.5 Å². The van der Waals surface area contributed by atoms with Crippen LogP contribution in [-0.4, -0.2) is 41.5 Å². The lowest BCUT2D eigenvalue weighted by atomic mass is 9.73. The van der Waals surface area contributed by atoms with E-state index in [0.29, 0.717) is 18.4 Å². The van der Waals surface area contributed by atoms with Gasteiger partial charge in [-0.2, -0.15) is 0 Å². The zero-order chi connectivity index (χ0) is 17.4. The fourth-order valence-corrected chi connectivity index (χ4v) is 4.48. The standard InChI is InChI=1S/C21H27N3O/c1-16(2)24-15-21(12-10-20(24)25)11-5-13-23(14-21)19-9-8-17-6-3-4-7-18(17)22-19/h3-4,6-9,16H,5,10-15H2,1-2H3/t21-/m1/s1. The lowest BCUT2D eigenvalue weighted by molar-refractivity contribution is -0.140. The normalized spacial score (nSPS) is 24.5. The van der Waals surface area contributed by atoms with Gasteiger partial charge in [-0.1, -0.05) is 18.2 Å². The van der Waals surface area contributed by atoms with Crippen LogP contribution < -0.4 is 4.90 Å². The number of para-hydroxylation sites is 1. The Hall–Kier alpha value is -2.10. The SMILES string of the molecule is CC(C)N1C[C@]2(CCCN(c3ccc4ccccc4n3)C2)CCC1=O. The number of pyridine rings is 1. The number of piperidine rings is 2. The molecule has 25 heavy (non-hydrogen) atoms. The molecule has 0 saturated carbocycles. The van der Waals surface area contributed by atoms with Gasteiger partial charge in [-0.15, -0.1) is 0 Å². The van der Waals surface area contributed by atoms with Gasteiger partial charge in [0.05, 0.1) is 5.52 Å². The van der Waals surface area contributed by atoms with Gasteiger partial charge in [0.15, 0.2) is 0 Å². The fourth-order valence-electron chi connectivity index (χ4n) is 4.48. The van der Waals surface area contributed by atoms with E-state index in [1.165, 1.54) is 18.2 Å². The van der Waals surface area contributed by atoms with Gasteiger partial charge in [0.1, 0.15) is 5.82 Å². The first kappa shape index (κ1) is 16.4. The molecule has 0 radical (unpaired) electrons. The van der Waals surface area contributed by atoms with E-state index in [2.05, 4.69) is 54.0 Å². The number of likely N-dealkylation sites (tertiary alicyclic amines) is 1. The predicted octanol–water partition coefficient (Wildman–Crippen LogP) is 3.85. The van der Waals surface area contributed by atoms with Gasteiger partial charge in [-0.3, -0.25) is 4.79 Å². The van der Waals surface area contributed by atoms with E-state index < -0.39 is 0 Å². The van der Waals surface area contributed by atoms with E-state index in [4.69, 9.17) is 4.98 Å². The van der Waals surface area contributed by atoms with Crippen LogP contribution in [0.4, 0.5) is 5.82 Å². The Morgan fingerprint density at radius 3 is 2.76 bits per heavy atom. The number of nitrogens with zero attached hydrogens (tertiary/aromatic N) is 3. The van der Waals surface area contributed by atoms with Crippen LogP contribution >= 0.6 is 0 Å². The number of carbonyl (C=O) groups excluding carboxylic acids is 1. The number of aromatic nitrogens is 1. The lowest BCUT2D eigenvalue weighted by Gasteiger charge is -2.49. The molecule has 0 N–H and O–H groups in total. The molecular weight excluding hydrogens is 310 g/mol. The average Bonchev–Trinajstić information content (AvgIpc) is 2.63. The number of rotatable bonds is 2. The van der Waals surface area contributed by atoms with Gasteiger partial charge in [0.25, 0.3) is 0 Å². The molecule has 2 aliphatic rings. The Morgan fingerprint density at radius 1 is 1.08 bits per heavy atom. The number of hydrogen-bond donors (Lipinski definition) is 0. The Kier molecular flexibility index (Phi) is 4.14. The molecule has 4 nitrogen and oxygen atoms in total. The molecule has 1 atom stereocenters. The third-order valence-electron chi connectivity index (χ3n) is 5.89. The third kappa shape index (κ3) is 3.10. The molecule has 1 aromatic carbocycles. The van der Waals surface area contributed by atoms with Crippen molar-refractivity contribution in [3.05, 3.63) is 36.4 Å². The first-order valence-corrected chi connectivity index (χ1v) is 9.47. The van der Waals surface area contributed by atoms with E-state index >= 15 is 0 Å². The number of fused-ring (bicyclic) bond motifs is 1. The van der Waals surface area contributed by atoms with Crippen molar-refractivity contribution in [2.75, 3.05) is 24.5 Å². The molecule has 2 aromatic rings.